The van der Waals surface area contributed by atoms with Gasteiger partial charge in [0.25, 0.3) is 10.1 Å². The topological polar surface area (TPSA) is 63.6 Å². The predicted molar refractivity (Wildman–Crippen MR) is 80.5 cm³/mol. The summed E-state index contributed by atoms with van der Waals surface area (Å²) in [6, 6.07) is 13.6. The Labute approximate surface area is 125 Å². The highest BCUT2D eigenvalue weighted by atomic mass is 32.2. The highest BCUT2D eigenvalue weighted by Crippen LogP contribution is 2.20. The summed E-state index contributed by atoms with van der Waals surface area (Å²) in [4.78, 5) is 0.0880. The van der Waals surface area contributed by atoms with Gasteiger partial charge in [-0.3, -0.25) is 4.18 Å². The number of hydrogen-bond acceptors (Lipinski definition) is 4. The van der Waals surface area contributed by atoms with Crippen LogP contribution in [0, 0.1) is 13.8 Å². The molecule has 0 radical (unpaired) electrons. The van der Waals surface area contributed by atoms with Crippen LogP contribution in [-0.4, -0.2) is 20.1 Å². The number of hydrogen-bond donors (Lipinski definition) is 1. The first-order chi connectivity index (χ1) is 9.90. The molecule has 0 aliphatic rings. The largest absolute Gasteiger partial charge is 0.386 e. The van der Waals surface area contributed by atoms with Crippen LogP contribution in [0.1, 0.15) is 22.8 Å². The van der Waals surface area contributed by atoms with E-state index >= 15 is 0 Å². The lowest BCUT2D eigenvalue weighted by Crippen LogP contribution is -2.14. The van der Waals surface area contributed by atoms with Crippen molar-refractivity contribution in [3.8, 4) is 0 Å². The highest BCUT2D eigenvalue weighted by molar-refractivity contribution is 7.86. The van der Waals surface area contributed by atoms with Crippen LogP contribution in [0.2, 0.25) is 0 Å². The third kappa shape index (κ3) is 3.91. The molecule has 21 heavy (non-hydrogen) atoms. The van der Waals surface area contributed by atoms with Gasteiger partial charge in [0.05, 0.1) is 11.5 Å². The summed E-state index contributed by atoms with van der Waals surface area (Å²) in [5, 5.41) is 10.1. The highest BCUT2D eigenvalue weighted by Gasteiger charge is 2.18. The smallest absolute Gasteiger partial charge is 0.297 e. The van der Waals surface area contributed by atoms with Crippen molar-refractivity contribution in [3.05, 3.63) is 65.2 Å². The average molecular weight is 306 g/mol. The molecule has 0 aromatic heterocycles. The second kappa shape index (κ2) is 6.39. The summed E-state index contributed by atoms with van der Waals surface area (Å²) in [6.45, 7) is 3.42. The molecular formula is C16H18O4S. The molecule has 0 saturated heterocycles. The number of aryl methyl sites for hydroxylation is 2. The summed E-state index contributed by atoms with van der Waals surface area (Å²) in [6.07, 6.45) is -0.980. The summed E-state index contributed by atoms with van der Waals surface area (Å²) in [5.41, 5.74) is 2.52. The fourth-order valence-corrected chi connectivity index (χ4v) is 2.89. The van der Waals surface area contributed by atoms with Crippen molar-refractivity contribution >= 4 is 10.1 Å². The third-order valence-electron chi connectivity index (χ3n) is 3.24. The molecule has 0 saturated carbocycles. The minimum Gasteiger partial charge on any atom is -0.386 e. The normalized spacial score (nSPS) is 13.1. The molecule has 2 aromatic carbocycles. The summed E-state index contributed by atoms with van der Waals surface area (Å²) < 4.78 is 29.0. The number of rotatable bonds is 5. The Kier molecular flexibility index (Phi) is 4.77. The van der Waals surface area contributed by atoms with E-state index in [-0.39, 0.29) is 11.5 Å². The molecule has 0 amide bonds. The first-order valence-corrected chi connectivity index (χ1v) is 8.00. The third-order valence-corrected chi connectivity index (χ3v) is 4.53. The molecule has 0 heterocycles. The van der Waals surface area contributed by atoms with Crippen LogP contribution < -0.4 is 0 Å². The van der Waals surface area contributed by atoms with Gasteiger partial charge in [-0.15, -0.1) is 0 Å². The van der Waals surface area contributed by atoms with E-state index in [0.717, 1.165) is 11.1 Å². The predicted octanol–water partition coefficient (Wildman–Crippen LogP) is 2.74. The van der Waals surface area contributed by atoms with Crippen molar-refractivity contribution in [2.24, 2.45) is 0 Å². The Morgan fingerprint density at radius 1 is 1.05 bits per heavy atom. The lowest BCUT2D eigenvalue weighted by molar-refractivity contribution is 0.111. The van der Waals surface area contributed by atoms with E-state index in [4.69, 9.17) is 4.18 Å². The molecular weight excluding hydrogens is 288 g/mol. The summed E-state index contributed by atoms with van der Waals surface area (Å²) in [5.74, 6) is 0. The monoisotopic (exact) mass is 306 g/mol. The number of benzene rings is 2. The fourth-order valence-electron chi connectivity index (χ4n) is 1.98. The molecule has 0 aliphatic heterocycles. The van der Waals surface area contributed by atoms with E-state index in [1.54, 1.807) is 24.3 Å². The zero-order valence-corrected chi connectivity index (χ0v) is 12.8. The van der Waals surface area contributed by atoms with Gasteiger partial charge in [-0.05, 0) is 37.1 Å². The number of aliphatic hydroxyl groups is 1. The Hall–Kier alpha value is -1.69. The Morgan fingerprint density at radius 2 is 1.67 bits per heavy atom. The minimum absolute atomic E-state index is 0.0880. The molecule has 1 atom stereocenters. The van der Waals surface area contributed by atoms with Gasteiger partial charge < -0.3 is 5.11 Å². The molecule has 2 aromatic rings. The summed E-state index contributed by atoms with van der Waals surface area (Å²) >= 11 is 0. The van der Waals surface area contributed by atoms with Crippen LogP contribution in [0.25, 0.3) is 0 Å². The van der Waals surface area contributed by atoms with E-state index in [1.165, 1.54) is 12.1 Å². The van der Waals surface area contributed by atoms with Gasteiger partial charge in [-0.25, -0.2) is 0 Å². The number of aliphatic hydroxyl groups excluding tert-OH is 1. The molecule has 2 rings (SSSR count). The van der Waals surface area contributed by atoms with E-state index < -0.39 is 16.2 Å². The molecule has 0 fully saturated rings. The first-order valence-electron chi connectivity index (χ1n) is 6.60. The van der Waals surface area contributed by atoms with E-state index in [0.29, 0.717) is 5.56 Å². The van der Waals surface area contributed by atoms with Crippen LogP contribution in [-0.2, 0) is 14.3 Å². The van der Waals surface area contributed by atoms with Crippen LogP contribution in [0.15, 0.2) is 53.4 Å². The molecule has 112 valence electrons. The van der Waals surface area contributed by atoms with Crippen molar-refractivity contribution in [3.63, 3.8) is 0 Å². The van der Waals surface area contributed by atoms with Crippen LogP contribution in [0.3, 0.4) is 0 Å². The van der Waals surface area contributed by atoms with Crippen molar-refractivity contribution in [1.82, 2.24) is 0 Å². The van der Waals surface area contributed by atoms with Crippen molar-refractivity contribution in [2.75, 3.05) is 6.61 Å². The Morgan fingerprint density at radius 3 is 2.29 bits per heavy atom. The Balaban J connectivity index is 2.08. The van der Waals surface area contributed by atoms with Gasteiger partial charge in [-0.1, -0.05) is 42.0 Å². The second-order valence-electron chi connectivity index (χ2n) is 4.92. The molecule has 0 aliphatic carbocycles. The lowest BCUT2D eigenvalue weighted by Gasteiger charge is -2.14. The maximum atomic E-state index is 12.0. The first kappa shape index (κ1) is 15.7. The lowest BCUT2D eigenvalue weighted by atomic mass is 10.0. The molecule has 5 heteroatoms. The van der Waals surface area contributed by atoms with Gasteiger partial charge in [0.2, 0.25) is 0 Å². The van der Waals surface area contributed by atoms with Crippen molar-refractivity contribution < 1.29 is 17.7 Å². The maximum Gasteiger partial charge on any atom is 0.297 e. The Bertz CT molecular complexity index is 705. The van der Waals surface area contributed by atoms with E-state index in [2.05, 4.69) is 0 Å². The van der Waals surface area contributed by atoms with Crippen molar-refractivity contribution in [2.45, 2.75) is 24.8 Å². The van der Waals surface area contributed by atoms with Gasteiger partial charge in [-0.2, -0.15) is 8.42 Å². The fraction of sp³-hybridized carbons (Fsp3) is 0.250. The van der Waals surface area contributed by atoms with E-state index in [1.807, 2.05) is 26.0 Å². The molecule has 0 spiro atoms. The average Bonchev–Trinajstić information content (AvgIpc) is 2.46. The van der Waals surface area contributed by atoms with Gasteiger partial charge in [0.15, 0.2) is 0 Å². The zero-order valence-electron chi connectivity index (χ0n) is 12.0. The van der Waals surface area contributed by atoms with Crippen LogP contribution >= 0.6 is 0 Å². The summed E-state index contributed by atoms with van der Waals surface area (Å²) in [7, 11) is -3.85. The SMILES string of the molecule is Cc1ccc(S(=O)(=O)OC[C@@H](O)c2ccccc2C)cc1. The molecule has 0 unspecified atom stereocenters. The van der Waals surface area contributed by atoms with Crippen LogP contribution in [0.4, 0.5) is 0 Å². The minimum atomic E-state index is -3.85. The molecule has 0 bridgehead atoms. The van der Waals surface area contributed by atoms with Crippen molar-refractivity contribution in [1.29, 1.82) is 0 Å². The maximum absolute atomic E-state index is 12.0. The molecule has 4 nitrogen and oxygen atoms in total. The van der Waals surface area contributed by atoms with Gasteiger partial charge in [0.1, 0.15) is 6.10 Å². The van der Waals surface area contributed by atoms with E-state index in [9.17, 15) is 13.5 Å². The zero-order chi connectivity index (χ0) is 15.5. The van der Waals surface area contributed by atoms with Gasteiger partial charge >= 0.3 is 0 Å². The quantitative estimate of drug-likeness (QED) is 0.863. The van der Waals surface area contributed by atoms with Gasteiger partial charge in [0, 0.05) is 0 Å². The molecule has 1 N–H and O–H groups in total. The van der Waals surface area contributed by atoms with Crippen LogP contribution in [0.5, 0.6) is 0 Å². The standard InChI is InChI=1S/C16H18O4S/c1-12-7-9-14(10-8-12)21(18,19)20-11-16(17)15-6-4-3-5-13(15)2/h3-10,16-17H,11H2,1-2H3/t16-/m1/s1. The second-order valence-corrected chi connectivity index (χ2v) is 6.54.